The zero-order valence-corrected chi connectivity index (χ0v) is 12.6. The maximum absolute atomic E-state index is 5.68. The number of hydrogen-bond donors (Lipinski definition) is 1. The Balaban J connectivity index is 1.99. The number of pyridine rings is 1. The first-order valence-corrected chi connectivity index (χ1v) is 7.43. The molecule has 0 saturated carbocycles. The molecule has 3 atom stereocenters. The fourth-order valence-electron chi connectivity index (χ4n) is 2.55. The minimum Gasteiger partial charge on any atom is -0.378 e. The lowest BCUT2D eigenvalue weighted by Gasteiger charge is -2.23. The van der Waals surface area contributed by atoms with Gasteiger partial charge < -0.3 is 10.1 Å². The monoisotopic (exact) mass is 312 g/mol. The first kappa shape index (κ1) is 14.0. The van der Waals surface area contributed by atoms with Crippen molar-refractivity contribution < 1.29 is 4.74 Å². The minimum atomic E-state index is 0.397. The van der Waals surface area contributed by atoms with Gasteiger partial charge in [0, 0.05) is 34.7 Å². The summed E-state index contributed by atoms with van der Waals surface area (Å²) < 4.78 is 6.71. The quantitative estimate of drug-likeness (QED) is 0.908. The number of hydrogen-bond acceptors (Lipinski definition) is 3. The number of nitrogens with zero attached hydrogens (tertiary/aromatic N) is 1. The third kappa shape index (κ3) is 3.77. The lowest BCUT2D eigenvalue weighted by atomic mass is 9.93. The number of aromatic nitrogens is 1. The Bertz CT molecular complexity index is 369. The highest BCUT2D eigenvalue weighted by molar-refractivity contribution is 9.10. The zero-order chi connectivity index (χ0) is 13.0. The highest BCUT2D eigenvalue weighted by atomic mass is 79.9. The van der Waals surface area contributed by atoms with E-state index in [1.54, 1.807) is 0 Å². The Labute approximate surface area is 117 Å². The average molecular weight is 313 g/mol. The van der Waals surface area contributed by atoms with Crippen LogP contribution in [-0.4, -0.2) is 30.3 Å². The van der Waals surface area contributed by atoms with E-state index in [2.05, 4.69) is 52.2 Å². The lowest BCUT2D eigenvalue weighted by molar-refractivity contribution is 0.117. The Morgan fingerprint density at radius 2 is 2.39 bits per heavy atom. The van der Waals surface area contributed by atoms with E-state index in [0.29, 0.717) is 18.1 Å². The number of halogens is 1. The third-order valence-corrected chi connectivity index (χ3v) is 3.95. The summed E-state index contributed by atoms with van der Waals surface area (Å²) in [4.78, 5) is 4.46. The van der Waals surface area contributed by atoms with Gasteiger partial charge in [0.05, 0.1) is 12.7 Å². The molecule has 1 saturated heterocycles. The molecule has 2 rings (SSSR count). The molecular weight excluding hydrogens is 292 g/mol. The molecule has 2 heterocycles. The van der Waals surface area contributed by atoms with E-state index in [4.69, 9.17) is 4.74 Å². The summed E-state index contributed by atoms with van der Waals surface area (Å²) in [5.74, 6) is 0.602. The van der Waals surface area contributed by atoms with Gasteiger partial charge in [0.2, 0.25) is 0 Å². The van der Waals surface area contributed by atoms with Crippen LogP contribution in [0.4, 0.5) is 0 Å². The topological polar surface area (TPSA) is 34.2 Å². The predicted octanol–water partition coefficient (Wildman–Crippen LogP) is 2.79. The van der Waals surface area contributed by atoms with E-state index in [1.807, 2.05) is 6.20 Å². The first-order chi connectivity index (χ1) is 8.69. The smallest absolute Gasteiger partial charge is 0.0551 e. The fourth-order valence-corrected chi connectivity index (χ4v) is 2.79. The highest BCUT2D eigenvalue weighted by Crippen LogP contribution is 2.24. The van der Waals surface area contributed by atoms with Crippen LogP contribution in [0.2, 0.25) is 0 Å². The van der Waals surface area contributed by atoms with Crippen molar-refractivity contribution in [1.82, 2.24) is 10.3 Å². The van der Waals surface area contributed by atoms with Gasteiger partial charge in [0.1, 0.15) is 0 Å². The van der Waals surface area contributed by atoms with Gasteiger partial charge in [-0.25, -0.2) is 0 Å². The molecule has 3 nitrogen and oxygen atoms in total. The summed E-state index contributed by atoms with van der Waals surface area (Å²) in [7, 11) is 0. The molecule has 0 radical (unpaired) electrons. The molecule has 0 aromatic carbocycles. The van der Waals surface area contributed by atoms with E-state index in [-0.39, 0.29) is 0 Å². The summed E-state index contributed by atoms with van der Waals surface area (Å²) in [6, 6.07) is 4.61. The van der Waals surface area contributed by atoms with Crippen molar-refractivity contribution in [2.75, 3.05) is 13.2 Å². The van der Waals surface area contributed by atoms with Gasteiger partial charge in [0.25, 0.3) is 0 Å². The normalized spacial score (nSPS) is 25.3. The number of rotatable bonds is 5. The molecule has 100 valence electrons. The number of nitrogens with one attached hydrogen (secondary N) is 1. The van der Waals surface area contributed by atoms with E-state index in [0.717, 1.165) is 36.2 Å². The molecule has 4 heteroatoms. The molecule has 0 bridgehead atoms. The van der Waals surface area contributed by atoms with E-state index in [1.165, 1.54) is 0 Å². The summed E-state index contributed by atoms with van der Waals surface area (Å²) >= 11 is 3.42. The van der Waals surface area contributed by atoms with Gasteiger partial charge in [-0.3, -0.25) is 4.98 Å². The van der Waals surface area contributed by atoms with Crippen LogP contribution in [0, 0.1) is 5.92 Å². The molecule has 1 N–H and O–H groups in total. The molecule has 1 fully saturated rings. The molecular formula is C14H21BrN2O. The first-order valence-electron chi connectivity index (χ1n) is 6.64. The van der Waals surface area contributed by atoms with Gasteiger partial charge >= 0.3 is 0 Å². The second kappa shape index (κ2) is 6.64. The standard InChI is InChI=1S/C14H21BrN2O/c1-3-16-14(11-6-10(2)18-9-11)7-13-5-4-12(15)8-17-13/h4-5,8,10-11,14,16H,3,6-7,9H2,1-2H3. The van der Waals surface area contributed by atoms with E-state index >= 15 is 0 Å². The van der Waals surface area contributed by atoms with Crippen molar-refractivity contribution in [3.05, 3.63) is 28.5 Å². The zero-order valence-electron chi connectivity index (χ0n) is 11.0. The van der Waals surface area contributed by atoms with Gasteiger partial charge in [-0.2, -0.15) is 0 Å². The molecule has 0 amide bonds. The van der Waals surface area contributed by atoms with Gasteiger partial charge in [-0.1, -0.05) is 6.92 Å². The molecule has 1 aromatic heterocycles. The number of ether oxygens (including phenoxy) is 1. The molecule has 3 unspecified atom stereocenters. The van der Waals surface area contributed by atoms with Crippen molar-refractivity contribution in [2.45, 2.75) is 38.8 Å². The van der Waals surface area contributed by atoms with E-state index in [9.17, 15) is 0 Å². The third-order valence-electron chi connectivity index (χ3n) is 3.48. The Kier molecular flexibility index (Phi) is 5.15. The van der Waals surface area contributed by atoms with Crippen LogP contribution < -0.4 is 5.32 Å². The molecule has 18 heavy (non-hydrogen) atoms. The Morgan fingerprint density at radius 1 is 1.56 bits per heavy atom. The van der Waals surface area contributed by atoms with Crippen molar-refractivity contribution >= 4 is 15.9 Å². The maximum Gasteiger partial charge on any atom is 0.0551 e. The second-order valence-electron chi connectivity index (χ2n) is 4.98. The maximum atomic E-state index is 5.68. The SMILES string of the molecule is CCNC(Cc1ccc(Br)cn1)C1COC(C)C1. The van der Waals surface area contributed by atoms with Crippen LogP contribution >= 0.6 is 15.9 Å². The number of likely N-dealkylation sites (N-methyl/N-ethyl adjacent to an activating group) is 1. The summed E-state index contributed by atoms with van der Waals surface area (Å²) in [5, 5.41) is 3.58. The average Bonchev–Trinajstić information content (AvgIpc) is 2.78. The fraction of sp³-hybridized carbons (Fsp3) is 0.643. The summed E-state index contributed by atoms with van der Waals surface area (Å²) in [6.45, 7) is 6.17. The van der Waals surface area contributed by atoms with E-state index < -0.39 is 0 Å². The van der Waals surface area contributed by atoms with Crippen LogP contribution in [0.15, 0.2) is 22.8 Å². The Hall–Kier alpha value is -0.450. The van der Waals surface area contributed by atoms with Gasteiger partial charge in [0.15, 0.2) is 0 Å². The van der Waals surface area contributed by atoms with Crippen LogP contribution in [0.1, 0.15) is 26.0 Å². The molecule has 0 spiro atoms. The largest absolute Gasteiger partial charge is 0.378 e. The van der Waals surface area contributed by atoms with Crippen LogP contribution in [0.25, 0.3) is 0 Å². The summed E-state index contributed by atoms with van der Waals surface area (Å²) in [6.07, 6.45) is 4.39. The van der Waals surface area contributed by atoms with Crippen LogP contribution in [0.5, 0.6) is 0 Å². The highest BCUT2D eigenvalue weighted by Gasteiger charge is 2.29. The van der Waals surface area contributed by atoms with Crippen LogP contribution in [0.3, 0.4) is 0 Å². The van der Waals surface area contributed by atoms with Crippen molar-refractivity contribution in [3.8, 4) is 0 Å². The predicted molar refractivity (Wildman–Crippen MR) is 76.6 cm³/mol. The van der Waals surface area contributed by atoms with Crippen molar-refractivity contribution in [3.63, 3.8) is 0 Å². The molecule has 1 aromatic rings. The van der Waals surface area contributed by atoms with Crippen molar-refractivity contribution in [1.29, 1.82) is 0 Å². The minimum absolute atomic E-state index is 0.397. The summed E-state index contributed by atoms with van der Waals surface area (Å²) in [5.41, 5.74) is 1.14. The Morgan fingerprint density at radius 3 is 2.94 bits per heavy atom. The lowest BCUT2D eigenvalue weighted by Crippen LogP contribution is -2.38. The van der Waals surface area contributed by atoms with Crippen molar-refractivity contribution in [2.24, 2.45) is 5.92 Å². The van der Waals surface area contributed by atoms with Crippen LogP contribution in [-0.2, 0) is 11.2 Å². The van der Waals surface area contributed by atoms with Gasteiger partial charge in [-0.05, 0) is 48.0 Å². The molecule has 1 aliphatic rings. The van der Waals surface area contributed by atoms with Gasteiger partial charge in [-0.15, -0.1) is 0 Å². The molecule has 0 aliphatic carbocycles. The second-order valence-corrected chi connectivity index (χ2v) is 5.89. The molecule has 1 aliphatic heterocycles.